The summed E-state index contributed by atoms with van der Waals surface area (Å²) in [5.74, 6) is -0.237. The largest absolute Gasteiger partial charge is 0.491 e. The van der Waals surface area contributed by atoms with Crippen LogP contribution in [0, 0.1) is 5.82 Å². The molecule has 106 valence electrons. The molecular weight excluding hydrogens is 323 g/mol. The van der Waals surface area contributed by atoms with E-state index >= 15 is 0 Å². The van der Waals surface area contributed by atoms with Crippen LogP contribution in [0.15, 0.2) is 40.9 Å². The van der Waals surface area contributed by atoms with Gasteiger partial charge in [-0.1, -0.05) is 28.1 Å². The first-order chi connectivity index (χ1) is 9.60. The monoisotopic (exact) mass is 338 g/mol. The Hall–Kier alpha value is -1.75. The number of anilines is 2. The van der Waals surface area contributed by atoms with Gasteiger partial charge in [0.15, 0.2) is 11.6 Å². The fraction of sp³-hybridized carbons (Fsp3) is 0.200. The highest BCUT2D eigenvalue weighted by molar-refractivity contribution is 9.10. The van der Waals surface area contributed by atoms with Crippen LogP contribution in [0.25, 0.3) is 0 Å². The molecule has 3 N–H and O–H groups in total. The Morgan fingerprint density at radius 3 is 2.60 bits per heavy atom. The number of ether oxygens (including phenoxy) is 1. The molecule has 20 heavy (non-hydrogen) atoms. The van der Waals surface area contributed by atoms with E-state index in [2.05, 4.69) is 21.2 Å². The fourth-order valence-corrected chi connectivity index (χ4v) is 2.05. The van der Waals surface area contributed by atoms with Gasteiger partial charge in [-0.25, -0.2) is 4.39 Å². The van der Waals surface area contributed by atoms with Crippen LogP contribution >= 0.6 is 15.9 Å². The summed E-state index contributed by atoms with van der Waals surface area (Å²) in [6, 6.07) is 10.8. The van der Waals surface area contributed by atoms with Crippen LogP contribution in [0.3, 0.4) is 0 Å². The quantitative estimate of drug-likeness (QED) is 0.804. The minimum Gasteiger partial charge on any atom is -0.491 e. The van der Waals surface area contributed by atoms with Crippen molar-refractivity contribution in [1.29, 1.82) is 0 Å². The molecule has 2 rings (SSSR count). The molecule has 0 radical (unpaired) electrons. The SMILES string of the molecule is CCOc1cc(NCc2ccc(Br)cc2)c(N)cc1F. The van der Waals surface area contributed by atoms with Crippen molar-refractivity contribution in [3.8, 4) is 5.75 Å². The summed E-state index contributed by atoms with van der Waals surface area (Å²) in [6.45, 7) is 2.83. The zero-order valence-electron chi connectivity index (χ0n) is 11.1. The second-order valence-electron chi connectivity index (χ2n) is 4.28. The summed E-state index contributed by atoms with van der Waals surface area (Å²) in [5.41, 5.74) is 7.94. The molecule has 0 spiro atoms. The van der Waals surface area contributed by atoms with Crippen molar-refractivity contribution in [1.82, 2.24) is 0 Å². The van der Waals surface area contributed by atoms with E-state index in [0.717, 1.165) is 10.0 Å². The lowest BCUT2D eigenvalue weighted by Gasteiger charge is -2.12. The first-order valence-electron chi connectivity index (χ1n) is 6.30. The van der Waals surface area contributed by atoms with Crippen LogP contribution in [0.2, 0.25) is 0 Å². The number of nitrogen functional groups attached to an aromatic ring is 1. The molecule has 0 unspecified atom stereocenters. The minimum absolute atomic E-state index is 0.208. The highest BCUT2D eigenvalue weighted by atomic mass is 79.9. The topological polar surface area (TPSA) is 47.3 Å². The third-order valence-corrected chi connectivity index (χ3v) is 3.33. The molecule has 0 aliphatic rings. The summed E-state index contributed by atoms with van der Waals surface area (Å²) in [7, 11) is 0. The normalized spacial score (nSPS) is 10.3. The van der Waals surface area contributed by atoms with Gasteiger partial charge in [-0.05, 0) is 24.6 Å². The number of halogens is 2. The van der Waals surface area contributed by atoms with Crippen LogP contribution in [0.1, 0.15) is 12.5 Å². The Balaban J connectivity index is 2.12. The summed E-state index contributed by atoms with van der Waals surface area (Å²) in [4.78, 5) is 0. The number of nitrogens with one attached hydrogen (secondary N) is 1. The van der Waals surface area contributed by atoms with Crippen LogP contribution < -0.4 is 15.8 Å². The number of hydrogen-bond donors (Lipinski definition) is 2. The van der Waals surface area contributed by atoms with Crippen LogP contribution in [0.4, 0.5) is 15.8 Å². The van der Waals surface area contributed by atoms with Gasteiger partial charge in [-0.15, -0.1) is 0 Å². The van der Waals surface area contributed by atoms with E-state index in [1.807, 2.05) is 31.2 Å². The molecule has 5 heteroatoms. The van der Waals surface area contributed by atoms with Crippen LogP contribution in [0.5, 0.6) is 5.75 Å². The molecule has 0 aliphatic heterocycles. The minimum atomic E-state index is -0.446. The van der Waals surface area contributed by atoms with Gasteiger partial charge in [0.1, 0.15) is 0 Å². The van der Waals surface area contributed by atoms with Gasteiger partial charge in [-0.3, -0.25) is 0 Å². The maximum atomic E-state index is 13.6. The Morgan fingerprint density at radius 1 is 1.25 bits per heavy atom. The average Bonchev–Trinajstić information content (AvgIpc) is 2.42. The van der Waals surface area contributed by atoms with Crippen molar-refractivity contribution in [3.63, 3.8) is 0 Å². The van der Waals surface area contributed by atoms with Crippen LogP contribution in [-0.4, -0.2) is 6.61 Å². The van der Waals surface area contributed by atoms with Gasteiger partial charge in [0, 0.05) is 23.2 Å². The van der Waals surface area contributed by atoms with Gasteiger partial charge in [0.05, 0.1) is 18.0 Å². The van der Waals surface area contributed by atoms with E-state index in [1.165, 1.54) is 6.07 Å². The summed E-state index contributed by atoms with van der Waals surface area (Å²) in [6.07, 6.45) is 0. The molecule has 0 fully saturated rings. The Kier molecular flexibility index (Phi) is 4.84. The Bertz CT molecular complexity index is 587. The number of nitrogens with two attached hydrogens (primary N) is 1. The molecular formula is C15H16BrFN2O. The summed E-state index contributed by atoms with van der Waals surface area (Å²) >= 11 is 3.39. The predicted molar refractivity (Wildman–Crippen MR) is 83.5 cm³/mol. The van der Waals surface area contributed by atoms with Gasteiger partial charge >= 0.3 is 0 Å². The Labute approximate surface area is 126 Å². The lowest BCUT2D eigenvalue weighted by Crippen LogP contribution is -2.04. The highest BCUT2D eigenvalue weighted by Gasteiger charge is 2.08. The molecule has 2 aromatic carbocycles. The second kappa shape index (κ2) is 6.61. The molecule has 0 heterocycles. The Morgan fingerprint density at radius 2 is 1.95 bits per heavy atom. The molecule has 0 aliphatic carbocycles. The molecule has 0 atom stereocenters. The fourth-order valence-electron chi connectivity index (χ4n) is 1.79. The van der Waals surface area contributed by atoms with Crippen molar-refractivity contribution in [2.75, 3.05) is 17.7 Å². The van der Waals surface area contributed by atoms with Crippen LogP contribution in [-0.2, 0) is 6.54 Å². The maximum Gasteiger partial charge on any atom is 0.167 e. The van der Waals surface area contributed by atoms with Gasteiger partial charge < -0.3 is 15.8 Å². The number of hydrogen-bond acceptors (Lipinski definition) is 3. The molecule has 2 aromatic rings. The van der Waals surface area contributed by atoms with Crippen molar-refractivity contribution in [3.05, 3.63) is 52.3 Å². The third kappa shape index (κ3) is 3.63. The van der Waals surface area contributed by atoms with E-state index < -0.39 is 5.82 Å². The first kappa shape index (κ1) is 14.7. The van der Waals surface area contributed by atoms with E-state index in [0.29, 0.717) is 24.5 Å². The lowest BCUT2D eigenvalue weighted by molar-refractivity contribution is 0.322. The highest BCUT2D eigenvalue weighted by Crippen LogP contribution is 2.28. The van der Waals surface area contributed by atoms with Crippen molar-refractivity contribution in [2.45, 2.75) is 13.5 Å². The van der Waals surface area contributed by atoms with E-state index in [9.17, 15) is 4.39 Å². The molecule has 3 nitrogen and oxygen atoms in total. The lowest BCUT2D eigenvalue weighted by atomic mass is 10.2. The van der Waals surface area contributed by atoms with Crippen molar-refractivity contribution < 1.29 is 9.13 Å². The first-order valence-corrected chi connectivity index (χ1v) is 7.09. The molecule has 0 aromatic heterocycles. The molecule has 0 saturated heterocycles. The molecule has 0 amide bonds. The maximum absolute atomic E-state index is 13.6. The summed E-state index contributed by atoms with van der Waals surface area (Å²) < 4.78 is 19.8. The van der Waals surface area contributed by atoms with E-state index in [4.69, 9.17) is 10.5 Å². The average molecular weight is 339 g/mol. The second-order valence-corrected chi connectivity index (χ2v) is 5.20. The zero-order valence-corrected chi connectivity index (χ0v) is 12.7. The van der Waals surface area contributed by atoms with Gasteiger partial charge in [0.2, 0.25) is 0 Å². The zero-order chi connectivity index (χ0) is 14.5. The predicted octanol–water partition coefficient (Wildman–Crippen LogP) is 4.18. The number of rotatable bonds is 5. The van der Waals surface area contributed by atoms with E-state index in [-0.39, 0.29) is 5.75 Å². The third-order valence-electron chi connectivity index (χ3n) is 2.80. The molecule has 0 saturated carbocycles. The number of benzene rings is 2. The van der Waals surface area contributed by atoms with Gasteiger partial charge in [-0.2, -0.15) is 0 Å². The van der Waals surface area contributed by atoms with E-state index in [1.54, 1.807) is 6.07 Å². The summed E-state index contributed by atoms with van der Waals surface area (Å²) in [5, 5.41) is 3.19. The molecule has 0 bridgehead atoms. The smallest absolute Gasteiger partial charge is 0.167 e. The standard InChI is InChI=1S/C15H16BrFN2O/c1-2-20-15-8-14(13(18)7-12(15)17)19-9-10-3-5-11(16)6-4-10/h3-8,19H,2,9,18H2,1H3. The van der Waals surface area contributed by atoms with Crippen molar-refractivity contribution in [2.24, 2.45) is 0 Å². The van der Waals surface area contributed by atoms with Gasteiger partial charge in [0.25, 0.3) is 0 Å². The van der Waals surface area contributed by atoms with Crippen molar-refractivity contribution >= 4 is 27.3 Å².